The van der Waals surface area contributed by atoms with Gasteiger partial charge in [0.15, 0.2) is 0 Å². The highest BCUT2D eigenvalue weighted by atomic mass is 16.2. The highest BCUT2D eigenvalue weighted by molar-refractivity contribution is 5.89. The minimum atomic E-state index is -0.184. The Morgan fingerprint density at radius 1 is 1.50 bits per heavy atom. The van der Waals surface area contributed by atoms with Crippen LogP contribution in [0, 0.1) is 5.92 Å². The number of amides is 2. The van der Waals surface area contributed by atoms with Crippen molar-refractivity contribution in [2.24, 2.45) is 5.92 Å². The minimum absolute atomic E-state index is 0.0185. The first kappa shape index (κ1) is 15.0. The molecule has 0 aromatic heterocycles. The van der Waals surface area contributed by atoms with Crippen LogP contribution >= 0.6 is 0 Å². The van der Waals surface area contributed by atoms with Crippen molar-refractivity contribution in [3.8, 4) is 0 Å². The van der Waals surface area contributed by atoms with E-state index in [4.69, 9.17) is 0 Å². The van der Waals surface area contributed by atoms with Crippen LogP contribution in [0.5, 0.6) is 0 Å². The third kappa shape index (κ3) is 3.72. The minimum Gasteiger partial charge on any atom is -0.351 e. The van der Waals surface area contributed by atoms with Crippen LogP contribution in [0.25, 0.3) is 0 Å². The number of hydrogen-bond acceptors (Lipinski definition) is 2. The number of carbonyl (C=O) groups is 2. The van der Waals surface area contributed by atoms with Gasteiger partial charge < -0.3 is 10.2 Å². The highest BCUT2D eigenvalue weighted by Gasteiger charge is 2.36. The second-order valence-electron chi connectivity index (χ2n) is 6.16. The van der Waals surface area contributed by atoms with Crippen molar-refractivity contribution in [3.63, 3.8) is 0 Å². The first-order valence-corrected chi connectivity index (χ1v) is 6.88. The predicted molar refractivity (Wildman–Crippen MR) is 72.1 cm³/mol. The summed E-state index contributed by atoms with van der Waals surface area (Å²) in [6.45, 7) is 10.7. The summed E-state index contributed by atoms with van der Waals surface area (Å²) in [6.07, 6.45) is 2.34. The third-order valence-electron chi connectivity index (χ3n) is 3.49. The van der Waals surface area contributed by atoms with E-state index >= 15 is 0 Å². The van der Waals surface area contributed by atoms with Crippen LogP contribution in [0.4, 0.5) is 0 Å². The molecule has 4 heteroatoms. The van der Waals surface area contributed by atoms with Gasteiger partial charge in [-0.2, -0.15) is 0 Å². The van der Waals surface area contributed by atoms with Crippen LogP contribution in [0.3, 0.4) is 0 Å². The molecule has 104 valence electrons. The van der Waals surface area contributed by atoms with Gasteiger partial charge in [0.25, 0.3) is 0 Å². The van der Waals surface area contributed by atoms with Crippen molar-refractivity contribution in [2.45, 2.75) is 65.5 Å². The monoisotopic (exact) mass is 254 g/mol. The Balaban J connectivity index is 2.57. The normalized spacial score (nSPS) is 20.7. The van der Waals surface area contributed by atoms with Crippen LogP contribution in [0.2, 0.25) is 0 Å². The van der Waals surface area contributed by atoms with Gasteiger partial charge in [-0.25, -0.2) is 0 Å². The van der Waals surface area contributed by atoms with Gasteiger partial charge >= 0.3 is 0 Å². The molecule has 0 bridgehead atoms. The number of nitrogens with zero attached hydrogens (tertiary/aromatic N) is 1. The fourth-order valence-electron chi connectivity index (χ4n) is 2.53. The predicted octanol–water partition coefficient (Wildman–Crippen LogP) is 1.94. The molecule has 0 aliphatic carbocycles. The maximum Gasteiger partial charge on any atom is 0.225 e. The summed E-state index contributed by atoms with van der Waals surface area (Å²) >= 11 is 0. The fourth-order valence-corrected chi connectivity index (χ4v) is 2.53. The molecular formula is C14H26N2O2. The molecule has 1 atom stereocenters. The summed E-state index contributed by atoms with van der Waals surface area (Å²) < 4.78 is 0. The van der Waals surface area contributed by atoms with Gasteiger partial charge in [-0.3, -0.25) is 9.59 Å². The largest absolute Gasteiger partial charge is 0.351 e. The average molecular weight is 254 g/mol. The molecule has 1 N–H and O–H groups in total. The van der Waals surface area contributed by atoms with Gasteiger partial charge in [-0.15, -0.1) is 0 Å². The standard InChI is InChI=1S/C14H26N2O2/c1-6-7-14(4,5)15-13(18)11-8-12(17)16(9-11)10(2)3/h10-11H,6-9H2,1-5H3,(H,15,18). The number of rotatable bonds is 5. The number of hydrogen-bond donors (Lipinski definition) is 1. The zero-order chi connectivity index (χ0) is 13.9. The molecule has 1 rings (SSSR count). The lowest BCUT2D eigenvalue weighted by molar-refractivity contribution is -0.130. The molecule has 0 radical (unpaired) electrons. The first-order valence-electron chi connectivity index (χ1n) is 6.88. The Labute approximate surface area is 110 Å². The van der Waals surface area contributed by atoms with Crippen molar-refractivity contribution in [1.29, 1.82) is 0 Å². The Kier molecular flexibility index (Phi) is 4.77. The average Bonchev–Trinajstić information content (AvgIpc) is 2.59. The van der Waals surface area contributed by atoms with Gasteiger partial charge in [0.05, 0.1) is 5.92 Å². The third-order valence-corrected chi connectivity index (χ3v) is 3.49. The molecule has 0 spiro atoms. The van der Waals surface area contributed by atoms with Crippen LogP contribution in [-0.4, -0.2) is 34.8 Å². The number of carbonyl (C=O) groups excluding carboxylic acids is 2. The highest BCUT2D eigenvalue weighted by Crippen LogP contribution is 2.21. The molecule has 4 nitrogen and oxygen atoms in total. The summed E-state index contributed by atoms with van der Waals surface area (Å²) in [5.74, 6) is -0.0700. The summed E-state index contributed by atoms with van der Waals surface area (Å²) in [7, 11) is 0. The van der Waals surface area contributed by atoms with Gasteiger partial charge in [-0.1, -0.05) is 13.3 Å². The van der Waals surface area contributed by atoms with E-state index in [0.29, 0.717) is 13.0 Å². The Morgan fingerprint density at radius 3 is 2.56 bits per heavy atom. The van der Waals surface area contributed by atoms with Gasteiger partial charge in [0, 0.05) is 24.5 Å². The van der Waals surface area contributed by atoms with E-state index in [1.807, 2.05) is 27.7 Å². The molecule has 1 saturated heterocycles. The second kappa shape index (κ2) is 5.72. The molecule has 0 aromatic rings. The van der Waals surface area contributed by atoms with Crippen molar-refractivity contribution < 1.29 is 9.59 Å². The maximum atomic E-state index is 12.2. The number of nitrogens with one attached hydrogen (secondary N) is 1. The Morgan fingerprint density at radius 2 is 2.11 bits per heavy atom. The molecular weight excluding hydrogens is 228 g/mol. The molecule has 1 heterocycles. The van der Waals surface area contributed by atoms with E-state index < -0.39 is 0 Å². The molecule has 18 heavy (non-hydrogen) atoms. The van der Waals surface area contributed by atoms with Gasteiger partial charge in [0.2, 0.25) is 11.8 Å². The molecule has 2 amide bonds. The SMILES string of the molecule is CCCC(C)(C)NC(=O)C1CC(=O)N(C(C)C)C1. The fraction of sp³-hybridized carbons (Fsp3) is 0.857. The lowest BCUT2D eigenvalue weighted by Gasteiger charge is -2.27. The topological polar surface area (TPSA) is 49.4 Å². The molecule has 1 aliphatic rings. The van der Waals surface area contributed by atoms with E-state index in [2.05, 4.69) is 12.2 Å². The van der Waals surface area contributed by atoms with Crippen LogP contribution in [-0.2, 0) is 9.59 Å². The van der Waals surface area contributed by atoms with Crippen LogP contribution in [0.15, 0.2) is 0 Å². The zero-order valence-electron chi connectivity index (χ0n) is 12.2. The molecule has 0 aromatic carbocycles. The van der Waals surface area contributed by atoms with E-state index in [0.717, 1.165) is 12.8 Å². The smallest absolute Gasteiger partial charge is 0.225 e. The Hall–Kier alpha value is -1.06. The van der Waals surface area contributed by atoms with Gasteiger partial charge in [-0.05, 0) is 34.1 Å². The summed E-state index contributed by atoms with van der Waals surface area (Å²) in [5, 5.41) is 3.06. The Bertz CT molecular complexity index is 324. The van der Waals surface area contributed by atoms with Gasteiger partial charge in [0.1, 0.15) is 0 Å². The van der Waals surface area contributed by atoms with Crippen molar-refractivity contribution in [3.05, 3.63) is 0 Å². The van der Waals surface area contributed by atoms with E-state index in [1.165, 1.54) is 0 Å². The lowest BCUT2D eigenvalue weighted by atomic mass is 9.97. The van der Waals surface area contributed by atoms with Crippen molar-refractivity contribution >= 4 is 11.8 Å². The summed E-state index contributed by atoms with van der Waals surface area (Å²) in [6, 6.07) is 0.180. The number of likely N-dealkylation sites (tertiary alicyclic amines) is 1. The van der Waals surface area contributed by atoms with Crippen molar-refractivity contribution in [2.75, 3.05) is 6.54 Å². The van der Waals surface area contributed by atoms with Crippen LogP contribution < -0.4 is 5.32 Å². The molecule has 1 fully saturated rings. The second-order valence-corrected chi connectivity index (χ2v) is 6.16. The van der Waals surface area contributed by atoms with Crippen LogP contribution in [0.1, 0.15) is 53.9 Å². The summed E-state index contributed by atoms with van der Waals surface area (Å²) in [4.78, 5) is 25.7. The molecule has 0 saturated carbocycles. The molecule has 1 unspecified atom stereocenters. The molecule has 1 aliphatic heterocycles. The quantitative estimate of drug-likeness (QED) is 0.815. The maximum absolute atomic E-state index is 12.2. The van der Waals surface area contributed by atoms with E-state index in [-0.39, 0.29) is 29.3 Å². The van der Waals surface area contributed by atoms with Crippen molar-refractivity contribution in [1.82, 2.24) is 10.2 Å². The first-order chi connectivity index (χ1) is 8.26. The van der Waals surface area contributed by atoms with E-state index in [1.54, 1.807) is 4.90 Å². The zero-order valence-corrected chi connectivity index (χ0v) is 12.2. The van der Waals surface area contributed by atoms with E-state index in [9.17, 15) is 9.59 Å². The summed E-state index contributed by atoms with van der Waals surface area (Å²) in [5.41, 5.74) is -0.180. The lowest BCUT2D eigenvalue weighted by Crippen LogP contribution is -2.46.